The van der Waals surface area contributed by atoms with Crippen molar-refractivity contribution in [1.29, 1.82) is 0 Å². The lowest BCUT2D eigenvalue weighted by Gasteiger charge is -2.39. The maximum Gasteiger partial charge on any atom is 0.348 e. The van der Waals surface area contributed by atoms with Crippen LogP contribution in [0.25, 0.3) is 11.2 Å². The molecule has 0 amide bonds. The third kappa shape index (κ3) is 4.31. The second-order valence-corrected chi connectivity index (χ2v) is 10.8. The topological polar surface area (TPSA) is 146 Å². The highest BCUT2D eigenvalue weighted by atomic mass is 32.2. The molecule has 2 aromatic rings. The van der Waals surface area contributed by atoms with Crippen LogP contribution in [0.4, 0.5) is 0 Å². The standard InChI is InChI=1S/C22H24O10S/c23-14(5-4-13-9-11-2-1-3-12(8-11)10-13)30-19-17-15(21(24)29-6-7-33(26,27)28)16-18(31-17)20(19)32-22(16)25/h11-13H,1-10H2,(H,26,27,28). The Morgan fingerprint density at radius 1 is 1.09 bits per heavy atom. The van der Waals surface area contributed by atoms with Crippen LogP contribution in [-0.4, -0.2) is 43.2 Å². The molecule has 2 saturated carbocycles. The smallest absolute Gasteiger partial charge is 0.348 e. The number of hydrogen-bond donors (Lipinski definition) is 1. The summed E-state index contributed by atoms with van der Waals surface area (Å²) < 4.78 is 51.3. The molecule has 11 heteroatoms. The molecule has 33 heavy (non-hydrogen) atoms. The van der Waals surface area contributed by atoms with Crippen molar-refractivity contribution < 1.29 is 46.0 Å². The van der Waals surface area contributed by atoms with Crippen molar-refractivity contribution in [3.63, 3.8) is 0 Å². The van der Waals surface area contributed by atoms with Crippen LogP contribution >= 0.6 is 0 Å². The van der Waals surface area contributed by atoms with Crippen molar-refractivity contribution in [2.45, 2.75) is 51.4 Å². The van der Waals surface area contributed by atoms with E-state index in [4.69, 9.17) is 23.2 Å². The molecular weight excluding hydrogens is 456 g/mol. The summed E-state index contributed by atoms with van der Waals surface area (Å²) >= 11 is 0. The molecule has 3 heterocycles. The van der Waals surface area contributed by atoms with E-state index in [9.17, 15) is 22.8 Å². The lowest BCUT2D eigenvalue weighted by Crippen LogP contribution is -2.27. The molecule has 2 aromatic heterocycles. The molecule has 2 unspecified atom stereocenters. The van der Waals surface area contributed by atoms with Gasteiger partial charge in [0, 0.05) is 6.42 Å². The van der Waals surface area contributed by atoms with E-state index in [-0.39, 0.29) is 40.2 Å². The SMILES string of the molecule is O=C(CCC1CC2CCCC(C2)C1)Oc1c2c3oc1c(C(=O)OCCS(=O)(=O)O)c3C(=O)O2. The molecule has 10 nitrogen and oxygen atoms in total. The summed E-state index contributed by atoms with van der Waals surface area (Å²) in [6.07, 6.45) is 8.33. The first kappa shape index (κ1) is 22.1. The van der Waals surface area contributed by atoms with Gasteiger partial charge in [0.25, 0.3) is 10.1 Å². The van der Waals surface area contributed by atoms with E-state index in [1.54, 1.807) is 0 Å². The predicted octanol–water partition coefficient (Wildman–Crippen LogP) is 3.35. The van der Waals surface area contributed by atoms with Gasteiger partial charge in [-0.25, -0.2) is 9.59 Å². The molecule has 0 aromatic carbocycles. The minimum atomic E-state index is -4.33. The Morgan fingerprint density at radius 3 is 2.52 bits per heavy atom. The predicted molar refractivity (Wildman–Crippen MR) is 112 cm³/mol. The number of benzene rings is 1. The Kier molecular flexibility index (Phi) is 5.56. The Labute approximate surface area is 189 Å². The largest absolute Gasteiger partial charge is 0.461 e. The minimum Gasteiger partial charge on any atom is -0.461 e. The van der Waals surface area contributed by atoms with Crippen molar-refractivity contribution in [2.24, 2.45) is 17.8 Å². The summed E-state index contributed by atoms with van der Waals surface area (Å²) in [6, 6.07) is 0. The Morgan fingerprint density at radius 2 is 1.82 bits per heavy atom. The van der Waals surface area contributed by atoms with Crippen molar-refractivity contribution in [3.8, 4) is 11.5 Å². The Bertz CT molecular complexity index is 1200. The molecule has 1 N–H and O–H groups in total. The number of esters is 3. The van der Waals surface area contributed by atoms with E-state index in [2.05, 4.69) is 0 Å². The van der Waals surface area contributed by atoms with Crippen molar-refractivity contribution in [3.05, 3.63) is 11.1 Å². The van der Waals surface area contributed by atoms with E-state index in [0.717, 1.165) is 24.7 Å². The third-order valence-corrected chi connectivity index (χ3v) is 7.58. The zero-order valence-corrected chi connectivity index (χ0v) is 18.6. The fraction of sp³-hybridized carbons (Fsp3) is 0.591. The molecule has 0 radical (unpaired) electrons. The van der Waals surface area contributed by atoms with Crippen LogP contribution in [0.3, 0.4) is 0 Å². The molecule has 3 aliphatic rings. The molecule has 2 atom stereocenters. The fourth-order valence-corrected chi connectivity index (χ4v) is 5.87. The second kappa shape index (κ2) is 8.28. The van der Waals surface area contributed by atoms with Crippen LogP contribution in [0.15, 0.2) is 4.42 Å². The molecule has 1 aliphatic heterocycles. The van der Waals surface area contributed by atoms with Gasteiger partial charge in [0.1, 0.15) is 23.5 Å². The molecule has 5 rings (SSSR count). The normalized spacial score (nSPS) is 24.2. The van der Waals surface area contributed by atoms with Gasteiger partial charge in [0.05, 0.1) is 0 Å². The monoisotopic (exact) mass is 480 g/mol. The van der Waals surface area contributed by atoms with Gasteiger partial charge < -0.3 is 18.6 Å². The number of rotatable bonds is 8. The molecule has 0 spiro atoms. The average molecular weight is 480 g/mol. The molecule has 0 saturated heterocycles. The van der Waals surface area contributed by atoms with Gasteiger partial charge in [0.2, 0.25) is 11.5 Å². The maximum atomic E-state index is 12.6. The molecule has 178 valence electrons. The fourth-order valence-electron chi connectivity index (χ4n) is 5.58. The molecule has 2 aliphatic carbocycles. The van der Waals surface area contributed by atoms with Gasteiger partial charge in [-0.3, -0.25) is 9.35 Å². The highest BCUT2D eigenvalue weighted by Gasteiger charge is 2.44. The average Bonchev–Trinajstić information content (AvgIpc) is 3.35. The minimum absolute atomic E-state index is 0.0142. The van der Waals surface area contributed by atoms with Gasteiger partial charge in [-0.15, -0.1) is 0 Å². The highest BCUT2D eigenvalue weighted by molar-refractivity contribution is 7.85. The van der Waals surface area contributed by atoms with E-state index in [0.29, 0.717) is 12.3 Å². The summed E-state index contributed by atoms with van der Waals surface area (Å²) in [4.78, 5) is 37.2. The van der Waals surface area contributed by atoms with Crippen LogP contribution in [0.2, 0.25) is 0 Å². The second-order valence-electron chi connectivity index (χ2n) is 9.23. The Hall–Kier alpha value is -2.66. The van der Waals surface area contributed by atoms with E-state index in [1.807, 2.05) is 0 Å². The van der Waals surface area contributed by atoms with Crippen LogP contribution in [0.1, 0.15) is 72.1 Å². The number of fused-ring (bicyclic) bond motifs is 3. The number of carbonyl (C=O) groups is 3. The van der Waals surface area contributed by atoms with Gasteiger partial charge in [-0.05, 0) is 43.4 Å². The summed E-state index contributed by atoms with van der Waals surface area (Å²) in [7, 11) is -4.33. The zero-order valence-electron chi connectivity index (χ0n) is 17.8. The van der Waals surface area contributed by atoms with Crippen LogP contribution in [-0.2, 0) is 19.6 Å². The van der Waals surface area contributed by atoms with Crippen LogP contribution in [0, 0.1) is 17.8 Å². The number of ether oxygens (including phenoxy) is 3. The van der Waals surface area contributed by atoms with Gasteiger partial charge >= 0.3 is 17.9 Å². The third-order valence-electron chi connectivity index (χ3n) is 6.90. The number of carbonyl (C=O) groups excluding carboxylic acids is 3. The molecular formula is C22H24O10S. The first-order valence-electron chi connectivity index (χ1n) is 11.2. The lowest BCUT2D eigenvalue weighted by atomic mass is 9.67. The van der Waals surface area contributed by atoms with Crippen LogP contribution in [0.5, 0.6) is 11.5 Å². The number of hydrogen-bond acceptors (Lipinski definition) is 9. The molecule has 4 bridgehead atoms. The van der Waals surface area contributed by atoms with Crippen molar-refractivity contribution in [1.82, 2.24) is 0 Å². The first-order chi connectivity index (χ1) is 15.7. The first-order valence-corrected chi connectivity index (χ1v) is 12.8. The zero-order chi connectivity index (χ0) is 23.3. The maximum absolute atomic E-state index is 12.6. The summed E-state index contributed by atoms with van der Waals surface area (Å²) in [5.41, 5.74) is -0.599. The lowest BCUT2D eigenvalue weighted by molar-refractivity contribution is -0.134. The summed E-state index contributed by atoms with van der Waals surface area (Å²) in [5.74, 6) is -1.40. The van der Waals surface area contributed by atoms with E-state index < -0.39 is 40.4 Å². The quantitative estimate of drug-likeness (QED) is 0.339. The van der Waals surface area contributed by atoms with E-state index in [1.165, 1.54) is 25.7 Å². The van der Waals surface area contributed by atoms with Gasteiger partial charge in [0.15, 0.2) is 11.2 Å². The molecule has 2 fully saturated rings. The van der Waals surface area contributed by atoms with Crippen molar-refractivity contribution in [2.75, 3.05) is 12.4 Å². The summed E-state index contributed by atoms with van der Waals surface area (Å²) in [6.45, 7) is -0.624. The van der Waals surface area contributed by atoms with Gasteiger partial charge in [-0.2, -0.15) is 8.42 Å². The highest BCUT2D eigenvalue weighted by Crippen LogP contribution is 2.52. The Balaban J connectivity index is 1.26. The summed E-state index contributed by atoms with van der Waals surface area (Å²) in [5, 5.41) is 0. The number of furan rings is 2. The van der Waals surface area contributed by atoms with Gasteiger partial charge in [-0.1, -0.05) is 19.3 Å². The van der Waals surface area contributed by atoms with E-state index >= 15 is 0 Å². The van der Waals surface area contributed by atoms with Crippen molar-refractivity contribution >= 4 is 39.2 Å². The van der Waals surface area contributed by atoms with Crippen LogP contribution < -0.4 is 9.47 Å².